The molecule has 0 aliphatic rings. The van der Waals surface area contributed by atoms with Crippen LogP contribution in [0.5, 0.6) is 0 Å². The largest absolute Gasteiger partial charge is 0.462 e. The van der Waals surface area contributed by atoms with Gasteiger partial charge in [-0.05, 0) is 122 Å². The first-order chi connectivity index (χ1) is 40.0. The molecule has 0 aromatic heterocycles. The number of allylic oxidation sites excluding steroid dienone is 20. The van der Waals surface area contributed by atoms with Crippen molar-refractivity contribution in [1.82, 2.24) is 0 Å². The summed E-state index contributed by atoms with van der Waals surface area (Å²) in [6.07, 6.45) is 95.0. The fraction of sp³-hybridized carbons (Fsp3) is 0.693. The first-order valence-electron chi connectivity index (χ1n) is 34.0. The molecule has 1 unspecified atom stereocenters. The van der Waals surface area contributed by atoms with Crippen LogP contribution in [-0.2, 0) is 28.6 Å². The van der Waals surface area contributed by atoms with Gasteiger partial charge < -0.3 is 14.2 Å². The van der Waals surface area contributed by atoms with Crippen molar-refractivity contribution >= 4 is 17.9 Å². The van der Waals surface area contributed by atoms with E-state index in [1.807, 2.05) is 0 Å². The highest BCUT2D eigenvalue weighted by Gasteiger charge is 2.19. The average molecular weight is 1120 g/mol. The van der Waals surface area contributed by atoms with Gasteiger partial charge in [-0.25, -0.2) is 0 Å². The quantitative estimate of drug-likeness (QED) is 0.0261. The summed E-state index contributed by atoms with van der Waals surface area (Å²) in [7, 11) is 0. The van der Waals surface area contributed by atoms with Crippen molar-refractivity contribution in [3.63, 3.8) is 0 Å². The molecule has 6 heteroatoms. The molecule has 0 aliphatic heterocycles. The van der Waals surface area contributed by atoms with Gasteiger partial charge >= 0.3 is 17.9 Å². The van der Waals surface area contributed by atoms with Gasteiger partial charge in [-0.1, -0.05) is 296 Å². The van der Waals surface area contributed by atoms with Crippen molar-refractivity contribution < 1.29 is 28.6 Å². The zero-order valence-electron chi connectivity index (χ0n) is 53.0. The van der Waals surface area contributed by atoms with Crippen molar-refractivity contribution in [2.75, 3.05) is 13.2 Å². The normalized spacial score (nSPS) is 12.9. The highest BCUT2D eigenvalue weighted by molar-refractivity contribution is 5.71. The van der Waals surface area contributed by atoms with Gasteiger partial charge in [-0.15, -0.1) is 0 Å². The summed E-state index contributed by atoms with van der Waals surface area (Å²) in [5.74, 6) is -0.900. The van der Waals surface area contributed by atoms with Gasteiger partial charge in [0.15, 0.2) is 6.10 Å². The molecule has 462 valence electrons. The minimum absolute atomic E-state index is 0.0859. The lowest BCUT2D eigenvalue weighted by Crippen LogP contribution is -2.30. The van der Waals surface area contributed by atoms with Crippen LogP contribution in [0.3, 0.4) is 0 Å². The third kappa shape index (κ3) is 66.5. The van der Waals surface area contributed by atoms with Crippen molar-refractivity contribution in [1.29, 1.82) is 0 Å². The summed E-state index contributed by atoms with van der Waals surface area (Å²) in [6, 6.07) is 0. The fourth-order valence-corrected chi connectivity index (χ4v) is 9.41. The zero-order chi connectivity index (χ0) is 58.5. The summed E-state index contributed by atoms with van der Waals surface area (Å²) in [6.45, 7) is 6.36. The topological polar surface area (TPSA) is 78.9 Å². The average Bonchev–Trinajstić information content (AvgIpc) is 3.46. The number of hydrogen-bond acceptors (Lipinski definition) is 6. The van der Waals surface area contributed by atoms with E-state index in [-0.39, 0.29) is 31.1 Å². The number of esters is 3. The Morgan fingerprint density at radius 1 is 0.259 bits per heavy atom. The molecule has 0 saturated carbocycles. The Balaban J connectivity index is 4.27. The summed E-state index contributed by atoms with van der Waals surface area (Å²) in [4.78, 5) is 38.4. The third-order valence-corrected chi connectivity index (χ3v) is 14.4. The molecule has 0 fully saturated rings. The Hall–Kier alpha value is -4.19. The molecule has 0 bridgehead atoms. The number of ether oxygens (including phenoxy) is 3. The maximum absolute atomic E-state index is 12.9. The lowest BCUT2D eigenvalue weighted by molar-refractivity contribution is -0.167. The van der Waals surface area contributed by atoms with E-state index in [0.717, 1.165) is 148 Å². The van der Waals surface area contributed by atoms with Crippen LogP contribution in [0.2, 0.25) is 0 Å². The summed E-state index contributed by atoms with van der Waals surface area (Å²) >= 11 is 0. The van der Waals surface area contributed by atoms with E-state index < -0.39 is 6.10 Å². The molecule has 0 heterocycles. The Labute approximate surface area is 501 Å². The van der Waals surface area contributed by atoms with Gasteiger partial charge in [0.2, 0.25) is 0 Å². The SMILES string of the molecule is CC/C=C\C/C=C\C/C=C\C/C=C\CCCCCCCCCCCCCCCCCCC(=O)OCC(COC(=O)CCCCCCC/C=C\C/C=C\CCC)OC(=O)CCCCCCCCCC/C=C\C/C=C\C/C=C\C/C=C\CC. The molecule has 0 aliphatic carbocycles. The molecular weight excluding hydrogens is 997 g/mol. The van der Waals surface area contributed by atoms with E-state index in [9.17, 15) is 14.4 Å². The molecule has 0 N–H and O–H groups in total. The predicted molar refractivity (Wildman–Crippen MR) is 353 cm³/mol. The van der Waals surface area contributed by atoms with Crippen LogP contribution in [0.15, 0.2) is 122 Å². The molecule has 81 heavy (non-hydrogen) atoms. The minimum Gasteiger partial charge on any atom is -0.462 e. The second kappa shape index (κ2) is 68.3. The molecule has 0 amide bonds. The summed E-state index contributed by atoms with van der Waals surface area (Å²) < 4.78 is 16.9. The van der Waals surface area contributed by atoms with E-state index in [4.69, 9.17) is 14.2 Å². The smallest absolute Gasteiger partial charge is 0.306 e. The van der Waals surface area contributed by atoms with Gasteiger partial charge in [0.1, 0.15) is 13.2 Å². The predicted octanol–water partition coefficient (Wildman–Crippen LogP) is 23.6. The van der Waals surface area contributed by atoms with E-state index >= 15 is 0 Å². The monoisotopic (exact) mass is 1120 g/mol. The van der Waals surface area contributed by atoms with Crippen LogP contribution < -0.4 is 0 Å². The van der Waals surface area contributed by atoms with Gasteiger partial charge in [0.05, 0.1) is 0 Å². The Bertz CT molecular complexity index is 1670. The first-order valence-corrected chi connectivity index (χ1v) is 34.0. The van der Waals surface area contributed by atoms with Gasteiger partial charge in [0, 0.05) is 19.3 Å². The number of unbranched alkanes of at least 4 members (excludes halogenated alkanes) is 30. The Morgan fingerprint density at radius 2 is 0.481 bits per heavy atom. The highest BCUT2D eigenvalue weighted by Crippen LogP contribution is 2.17. The maximum Gasteiger partial charge on any atom is 0.306 e. The van der Waals surface area contributed by atoms with Gasteiger partial charge in [0.25, 0.3) is 0 Å². The molecule has 0 aromatic carbocycles. The molecule has 0 saturated heterocycles. The van der Waals surface area contributed by atoms with Crippen LogP contribution in [0, 0.1) is 0 Å². The summed E-state index contributed by atoms with van der Waals surface area (Å²) in [5.41, 5.74) is 0. The first kappa shape index (κ1) is 76.8. The maximum atomic E-state index is 12.9. The van der Waals surface area contributed by atoms with Crippen LogP contribution in [0.4, 0.5) is 0 Å². The second-order valence-corrected chi connectivity index (χ2v) is 22.3. The van der Waals surface area contributed by atoms with Crippen LogP contribution in [0.1, 0.15) is 316 Å². The number of rotatable bonds is 61. The Kier molecular flexibility index (Phi) is 64.8. The van der Waals surface area contributed by atoms with E-state index in [1.165, 1.54) is 128 Å². The molecule has 0 rings (SSSR count). The van der Waals surface area contributed by atoms with Crippen molar-refractivity contribution in [2.45, 2.75) is 322 Å². The third-order valence-electron chi connectivity index (χ3n) is 14.4. The van der Waals surface area contributed by atoms with Crippen molar-refractivity contribution in [2.24, 2.45) is 0 Å². The van der Waals surface area contributed by atoms with E-state index in [1.54, 1.807) is 0 Å². The van der Waals surface area contributed by atoms with E-state index in [2.05, 4.69) is 142 Å². The second-order valence-electron chi connectivity index (χ2n) is 22.3. The highest BCUT2D eigenvalue weighted by atomic mass is 16.6. The fourth-order valence-electron chi connectivity index (χ4n) is 9.41. The summed E-state index contributed by atoms with van der Waals surface area (Å²) in [5, 5.41) is 0. The van der Waals surface area contributed by atoms with Crippen molar-refractivity contribution in [3.05, 3.63) is 122 Å². The number of hydrogen-bond donors (Lipinski definition) is 0. The van der Waals surface area contributed by atoms with Crippen LogP contribution in [0.25, 0.3) is 0 Å². The molecule has 6 nitrogen and oxygen atoms in total. The van der Waals surface area contributed by atoms with Crippen LogP contribution in [-0.4, -0.2) is 37.2 Å². The number of carbonyl (C=O) groups is 3. The number of carbonyl (C=O) groups excluding carboxylic acids is 3. The van der Waals surface area contributed by atoms with Gasteiger partial charge in [-0.3, -0.25) is 14.4 Å². The lowest BCUT2D eigenvalue weighted by Gasteiger charge is -2.18. The standard InChI is InChI=1S/C75H126O6/c1-4-7-10-13-16-19-22-25-27-29-31-33-34-35-36-37-38-39-40-42-43-45-47-50-53-56-59-62-65-68-74(77)80-71-72(70-79-73(76)67-64-61-58-55-52-49-24-21-18-15-12-9-6-3)81-75(78)69-66-63-60-57-54-51-48-46-44-41-32-30-28-26-23-20-17-14-11-8-5-2/h7-8,10-12,15-17,19-21,24-28,31-33,41,72H,4-6,9,13-14,18,22-23,29-30,34-40,42-71H2,1-3H3/b10-7-,11-8-,15-12-,19-16-,20-17-,24-21-,27-25-,28-26-,33-31-,41-32-. The van der Waals surface area contributed by atoms with E-state index in [0.29, 0.717) is 19.3 Å². The molecule has 0 spiro atoms. The Morgan fingerprint density at radius 3 is 0.753 bits per heavy atom. The van der Waals surface area contributed by atoms with Gasteiger partial charge in [-0.2, -0.15) is 0 Å². The van der Waals surface area contributed by atoms with Crippen LogP contribution >= 0.6 is 0 Å². The molecule has 1 atom stereocenters. The van der Waals surface area contributed by atoms with Crippen molar-refractivity contribution in [3.8, 4) is 0 Å². The molecular formula is C75H126O6. The lowest BCUT2D eigenvalue weighted by atomic mass is 10.0. The zero-order valence-corrected chi connectivity index (χ0v) is 53.0. The molecule has 0 radical (unpaired) electrons. The minimum atomic E-state index is -0.792. The molecule has 0 aromatic rings.